The van der Waals surface area contributed by atoms with Gasteiger partial charge >= 0.3 is 0 Å². The van der Waals surface area contributed by atoms with E-state index in [9.17, 15) is 4.79 Å². The Morgan fingerprint density at radius 2 is 2.20 bits per heavy atom. The fraction of sp³-hybridized carbons (Fsp3) is 0.812. The molecule has 0 aromatic rings. The number of rotatable bonds is 5. The molecule has 20 heavy (non-hydrogen) atoms. The smallest absolute Gasteiger partial charge is 0.240 e. The van der Waals surface area contributed by atoms with E-state index in [0.717, 1.165) is 38.9 Å². The van der Waals surface area contributed by atoms with E-state index in [2.05, 4.69) is 30.3 Å². The van der Waals surface area contributed by atoms with Crippen LogP contribution in [0, 0.1) is 0 Å². The van der Waals surface area contributed by atoms with Crippen molar-refractivity contribution in [2.45, 2.75) is 51.5 Å². The van der Waals surface area contributed by atoms with Crippen molar-refractivity contribution in [2.75, 3.05) is 33.2 Å². The predicted molar refractivity (Wildman–Crippen MR) is 82.5 cm³/mol. The predicted octanol–water partition coefficient (Wildman–Crippen LogP) is 1.98. The molecule has 1 heterocycles. The van der Waals surface area contributed by atoms with Crippen LogP contribution >= 0.6 is 0 Å². The van der Waals surface area contributed by atoms with Gasteiger partial charge in [-0.1, -0.05) is 6.08 Å². The Morgan fingerprint density at radius 3 is 2.90 bits per heavy atom. The Bertz CT molecular complexity index is 346. The maximum absolute atomic E-state index is 12.5. The standard InChI is InChI=1S/C16H29N3O/c1-3-19(15-7-4-5-8-15)16(20)13-18(2)14-9-6-11-17-12-10-14/h7,14,17H,3-6,8-13H2,1-2H3. The fourth-order valence-electron chi connectivity index (χ4n) is 3.31. The Morgan fingerprint density at radius 1 is 1.35 bits per heavy atom. The Hall–Kier alpha value is -0.870. The first kappa shape index (κ1) is 15.5. The summed E-state index contributed by atoms with van der Waals surface area (Å²) in [6.07, 6.45) is 9.19. The molecule has 0 bridgehead atoms. The lowest BCUT2D eigenvalue weighted by atomic mass is 10.1. The molecule has 1 saturated heterocycles. The maximum atomic E-state index is 12.5. The molecule has 1 amide bonds. The first-order valence-corrected chi connectivity index (χ1v) is 8.12. The van der Waals surface area contributed by atoms with Crippen LogP contribution in [0.2, 0.25) is 0 Å². The quantitative estimate of drug-likeness (QED) is 0.836. The lowest BCUT2D eigenvalue weighted by Crippen LogP contribution is -2.42. The van der Waals surface area contributed by atoms with Gasteiger partial charge in [0.2, 0.25) is 5.91 Å². The van der Waals surface area contributed by atoms with Crippen LogP contribution in [0.4, 0.5) is 0 Å². The van der Waals surface area contributed by atoms with Crippen molar-refractivity contribution in [3.63, 3.8) is 0 Å². The lowest BCUT2D eigenvalue weighted by molar-refractivity contribution is -0.130. The summed E-state index contributed by atoms with van der Waals surface area (Å²) in [6.45, 7) is 5.62. The summed E-state index contributed by atoms with van der Waals surface area (Å²) in [5.74, 6) is 0.264. The third kappa shape index (κ3) is 4.06. The van der Waals surface area contributed by atoms with Gasteiger partial charge in [-0.2, -0.15) is 0 Å². The zero-order valence-corrected chi connectivity index (χ0v) is 13.0. The van der Waals surface area contributed by atoms with Crippen molar-refractivity contribution in [1.29, 1.82) is 0 Å². The Labute approximate surface area is 123 Å². The van der Waals surface area contributed by atoms with E-state index < -0.39 is 0 Å². The van der Waals surface area contributed by atoms with Crippen LogP contribution < -0.4 is 5.32 Å². The van der Waals surface area contributed by atoms with E-state index >= 15 is 0 Å². The Kier molecular flexibility index (Phi) is 6.05. The zero-order chi connectivity index (χ0) is 14.4. The number of carbonyl (C=O) groups is 1. The van der Waals surface area contributed by atoms with Crippen molar-refractivity contribution in [2.24, 2.45) is 0 Å². The third-order valence-corrected chi connectivity index (χ3v) is 4.53. The first-order chi connectivity index (χ1) is 9.72. The number of allylic oxidation sites excluding steroid dienone is 2. The van der Waals surface area contributed by atoms with Crippen molar-refractivity contribution in [3.05, 3.63) is 11.8 Å². The highest BCUT2D eigenvalue weighted by Gasteiger charge is 2.23. The number of nitrogens with one attached hydrogen (secondary N) is 1. The highest BCUT2D eigenvalue weighted by atomic mass is 16.2. The van der Waals surface area contributed by atoms with Gasteiger partial charge < -0.3 is 10.2 Å². The molecule has 2 rings (SSSR count). The molecule has 0 radical (unpaired) electrons. The number of amides is 1. The molecule has 1 unspecified atom stereocenters. The number of carbonyl (C=O) groups excluding carboxylic acids is 1. The average Bonchev–Trinajstić information content (AvgIpc) is 2.81. The summed E-state index contributed by atoms with van der Waals surface area (Å²) < 4.78 is 0. The van der Waals surface area contributed by atoms with E-state index in [1.807, 2.05) is 4.90 Å². The van der Waals surface area contributed by atoms with Gasteiger partial charge in [-0.3, -0.25) is 9.69 Å². The van der Waals surface area contributed by atoms with E-state index in [4.69, 9.17) is 0 Å². The molecule has 114 valence electrons. The van der Waals surface area contributed by atoms with Crippen molar-refractivity contribution >= 4 is 5.91 Å². The van der Waals surface area contributed by atoms with Crippen molar-refractivity contribution in [3.8, 4) is 0 Å². The number of nitrogens with zero attached hydrogens (tertiary/aromatic N) is 2. The van der Waals surface area contributed by atoms with Gasteiger partial charge in [-0.15, -0.1) is 0 Å². The molecule has 0 spiro atoms. The minimum atomic E-state index is 0.264. The first-order valence-electron chi connectivity index (χ1n) is 8.12. The minimum Gasteiger partial charge on any atom is -0.317 e. The van der Waals surface area contributed by atoms with E-state index in [1.54, 1.807) is 0 Å². The molecule has 1 atom stereocenters. The largest absolute Gasteiger partial charge is 0.317 e. The van der Waals surface area contributed by atoms with Crippen LogP contribution in [0.5, 0.6) is 0 Å². The van der Waals surface area contributed by atoms with Crippen molar-refractivity contribution < 1.29 is 4.79 Å². The van der Waals surface area contributed by atoms with Crippen LogP contribution in [0.25, 0.3) is 0 Å². The molecule has 1 aliphatic heterocycles. The lowest BCUT2D eigenvalue weighted by Gasteiger charge is -2.30. The molecular formula is C16H29N3O. The number of hydrogen-bond acceptors (Lipinski definition) is 3. The zero-order valence-electron chi connectivity index (χ0n) is 13.0. The second-order valence-corrected chi connectivity index (χ2v) is 5.98. The molecule has 2 aliphatic rings. The molecule has 4 heteroatoms. The average molecular weight is 279 g/mol. The highest BCUT2D eigenvalue weighted by Crippen LogP contribution is 2.22. The van der Waals surface area contributed by atoms with E-state index in [0.29, 0.717) is 12.6 Å². The van der Waals surface area contributed by atoms with Crippen LogP contribution in [0.3, 0.4) is 0 Å². The number of hydrogen-bond donors (Lipinski definition) is 1. The fourth-order valence-corrected chi connectivity index (χ4v) is 3.31. The van der Waals surface area contributed by atoms with Crippen LogP contribution in [0.15, 0.2) is 11.8 Å². The van der Waals surface area contributed by atoms with Crippen LogP contribution in [0.1, 0.15) is 45.4 Å². The highest BCUT2D eigenvalue weighted by molar-refractivity contribution is 5.80. The second-order valence-electron chi connectivity index (χ2n) is 5.98. The van der Waals surface area contributed by atoms with Gasteiger partial charge in [0.05, 0.1) is 6.54 Å². The van der Waals surface area contributed by atoms with Gasteiger partial charge in [0.1, 0.15) is 0 Å². The summed E-state index contributed by atoms with van der Waals surface area (Å²) in [4.78, 5) is 16.8. The summed E-state index contributed by atoms with van der Waals surface area (Å²) in [7, 11) is 2.10. The molecule has 4 nitrogen and oxygen atoms in total. The summed E-state index contributed by atoms with van der Waals surface area (Å²) in [5, 5.41) is 3.43. The van der Waals surface area contributed by atoms with E-state index in [1.165, 1.54) is 25.0 Å². The maximum Gasteiger partial charge on any atom is 0.240 e. The van der Waals surface area contributed by atoms with E-state index in [-0.39, 0.29) is 5.91 Å². The monoisotopic (exact) mass is 279 g/mol. The van der Waals surface area contributed by atoms with Crippen LogP contribution in [-0.4, -0.2) is 55.0 Å². The van der Waals surface area contributed by atoms with Gasteiger partial charge in [0, 0.05) is 18.3 Å². The van der Waals surface area contributed by atoms with Crippen molar-refractivity contribution in [1.82, 2.24) is 15.1 Å². The molecule has 1 N–H and O–H groups in total. The third-order valence-electron chi connectivity index (χ3n) is 4.53. The molecule has 0 aromatic carbocycles. The topological polar surface area (TPSA) is 35.6 Å². The van der Waals surface area contributed by atoms with Gasteiger partial charge in [0.15, 0.2) is 0 Å². The molecular weight excluding hydrogens is 250 g/mol. The minimum absolute atomic E-state index is 0.264. The van der Waals surface area contributed by atoms with Gasteiger partial charge in [-0.05, 0) is 65.6 Å². The van der Waals surface area contributed by atoms with Crippen LogP contribution in [-0.2, 0) is 4.79 Å². The van der Waals surface area contributed by atoms with Gasteiger partial charge in [0.25, 0.3) is 0 Å². The van der Waals surface area contributed by atoms with Gasteiger partial charge in [-0.25, -0.2) is 0 Å². The molecule has 0 aromatic heterocycles. The SMILES string of the molecule is CCN(C(=O)CN(C)C1CCCNCC1)C1=CCCC1. The Balaban J connectivity index is 1.88. The molecule has 0 saturated carbocycles. The second kappa shape index (κ2) is 7.79. The summed E-state index contributed by atoms with van der Waals surface area (Å²) >= 11 is 0. The number of likely N-dealkylation sites (N-methyl/N-ethyl adjacent to an activating group) is 2. The molecule has 1 fully saturated rings. The normalized spacial score (nSPS) is 23.6. The summed E-state index contributed by atoms with van der Waals surface area (Å²) in [6, 6.07) is 0.546. The molecule has 1 aliphatic carbocycles. The summed E-state index contributed by atoms with van der Waals surface area (Å²) in [5.41, 5.74) is 1.24.